The summed E-state index contributed by atoms with van der Waals surface area (Å²) in [6.07, 6.45) is 3.67. The first-order chi connectivity index (χ1) is 20.4. The zero-order valence-corrected chi connectivity index (χ0v) is 25.9. The Bertz CT molecular complexity index is 2050. The van der Waals surface area contributed by atoms with Crippen molar-refractivity contribution in [2.75, 3.05) is 0 Å². The number of amidine groups is 1. The minimum Gasteiger partial charge on any atom is -0.388 e. The summed E-state index contributed by atoms with van der Waals surface area (Å²) in [5, 5.41) is 15.9. The van der Waals surface area contributed by atoms with Crippen LogP contribution in [0.4, 0.5) is 0 Å². The predicted octanol–water partition coefficient (Wildman–Crippen LogP) is 8.43. The van der Waals surface area contributed by atoms with Crippen LogP contribution in [0.2, 0.25) is 0 Å². The number of fused-ring (bicyclic) bond motifs is 12. The maximum Gasteiger partial charge on any atom is 0.0974 e. The van der Waals surface area contributed by atoms with Crippen molar-refractivity contribution < 1.29 is 19.5 Å². The number of nitrogens with one attached hydrogen (secondary N) is 1. The van der Waals surface area contributed by atoms with Gasteiger partial charge in [-0.2, -0.15) is 0 Å². The summed E-state index contributed by atoms with van der Waals surface area (Å²) in [6, 6.07) is 33.6. The standard InChI is InChI=1S/2C17H12N2.C2H6N2.Ru/c2*1-11-10-18-16-14-8-4-2-6-12(14)13-7-3-5-9-15(13)17(16)19-11;1-2(3)4;/h2*2-10H,1H3;1H3,(H3,3,4);. The molecule has 0 atom stereocenters. The topological polar surface area (TPSA) is 101 Å². The molecule has 0 aliphatic heterocycles. The van der Waals surface area contributed by atoms with E-state index in [2.05, 4.69) is 107 Å². The largest absolute Gasteiger partial charge is 0.388 e. The molecule has 2 aromatic heterocycles. The van der Waals surface area contributed by atoms with Crippen LogP contribution in [0.1, 0.15) is 18.3 Å². The van der Waals surface area contributed by atoms with E-state index in [1.165, 1.54) is 50.0 Å². The van der Waals surface area contributed by atoms with E-state index in [0.717, 1.165) is 33.5 Å². The molecule has 0 spiro atoms. The normalized spacial score (nSPS) is 10.7. The number of nitrogens with zero attached hydrogens (tertiary/aromatic N) is 4. The van der Waals surface area contributed by atoms with E-state index < -0.39 is 0 Å². The molecule has 8 rings (SSSR count). The van der Waals surface area contributed by atoms with Gasteiger partial charge in [0, 0.05) is 53.4 Å². The summed E-state index contributed by atoms with van der Waals surface area (Å²) in [5.74, 6) is 0.167. The number of rotatable bonds is 0. The van der Waals surface area contributed by atoms with Crippen molar-refractivity contribution in [1.82, 2.24) is 19.9 Å². The Hall–Kier alpha value is -4.87. The molecule has 3 N–H and O–H groups in total. The fourth-order valence-electron chi connectivity index (χ4n) is 5.42. The molecule has 6 nitrogen and oxygen atoms in total. The second-order valence-electron chi connectivity index (χ2n) is 10.3. The van der Waals surface area contributed by atoms with Gasteiger partial charge < -0.3 is 5.73 Å². The van der Waals surface area contributed by atoms with Gasteiger partial charge in [-0.1, -0.05) is 97.1 Å². The van der Waals surface area contributed by atoms with Gasteiger partial charge in [0.15, 0.2) is 0 Å². The van der Waals surface area contributed by atoms with Crippen LogP contribution >= 0.6 is 0 Å². The third-order valence-electron chi connectivity index (χ3n) is 7.09. The van der Waals surface area contributed by atoms with Crippen LogP contribution in [0.15, 0.2) is 109 Å². The smallest absolute Gasteiger partial charge is 0.0974 e. The second kappa shape index (κ2) is 12.6. The van der Waals surface area contributed by atoms with Crippen LogP contribution in [0.5, 0.6) is 0 Å². The quantitative estimate of drug-likeness (QED) is 0.0745. The van der Waals surface area contributed by atoms with Crippen molar-refractivity contribution in [2.24, 2.45) is 5.73 Å². The zero-order valence-electron chi connectivity index (χ0n) is 24.1. The SMILES string of the molecule is CC(=N)N.Cc1cnc2c3ccccc3c3ccccc3c2n1.Cc1cnc2c3ccccc3c3ccccc3c2n1.[Ru]. The minimum absolute atomic E-state index is 0. The fourth-order valence-corrected chi connectivity index (χ4v) is 5.42. The molecule has 0 fully saturated rings. The minimum atomic E-state index is 0. The number of aromatic nitrogens is 4. The molecule has 7 heteroatoms. The Morgan fingerprint density at radius 2 is 0.721 bits per heavy atom. The molecule has 0 amide bonds. The second-order valence-corrected chi connectivity index (χ2v) is 10.3. The molecule has 212 valence electrons. The van der Waals surface area contributed by atoms with Crippen molar-refractivity contribution >= 4 is 71.0 Å². The first kappa shape index (κ1) is 29.6. The molecule has 43 heavy (non-hydrogen) atoms. The molecular weight excluding hydrogens is 618 g/mol. The molecule has 2 heterocycles. The Balaban J connectivity index is 0.000000150. The van der Waals surface area contributed by atoms with Gasteiger partial charge in [-0.15, -0.1) is 0 Å². The molecule has 0 saturated heterocycles. The zero-order chi connectivity index (χ0) is 29.2. The third kappa shape index (κ3) is 5.77. The summed E-state index contributed by atoms with van der Waals surface area (Å²) in [5.41, 5.74) is 10.6. The van der Waals surface area contributed by atoms with Gasteiger partial charge >= 0.3 is 0 Å². The average Bonchev–Trinajstić information content (AvgIpc) is 3.01. The van der Waals surface area contributed by atoms with Crippen molar-refractivity contribution in [1.29, 1.82) is 5.41 Å². The van der Waals surface area contributed by atoms with Gasteiger partial charge in [-0.25, -0.2) is 9.97 Å². The van der Waals surface area contributed by atoms with E-state index in [-0.39, 0.29) is 25.3 Å². The molecule has 8 aromatic rings. The van der Waals surface area contributed by atoms with Crippen LogP contribution in [-0.4, -0.2) is 25.8 Å². The Labute approximate surface area is 262 Å². The van der Waals surface area contributed by atoms with Crippen molar-refractivity contribution in [3.63, 3.8) is 0 Å². The number of hydrogen-bond acceptors (Lipinski definition) is 5. The predicted molar refractivity (Wildman–Crippen MR) is 176 cm³/mol. The fraction of sp³-hybridized carbons (Fsp3) is 0.0833. The Morgan fingerprint density at radius 1 is 0.488 bits per heavy atom. The van der Waals surface area contributed by atoms with E-state index in [9.17, 15) is 0 Å². The van der Waals surface area contributed by atoms with Crippen molar-refractivity contribution in [3.05, 3.63) is 121 Å². The van der Waals surface area contributed by atoms with Crippen molar-refractivity contribution in [3.8, 4) is 0 Å². The first-order valence-corrected chi connectivity index (χ1v) is 13.8. The summed E-state index contributed by atoms with van der Waals surface area (Å²) in [4.78, 5) is 18.6. The molecule has 0 radical (unpaired) electrons. The summed E-state index contributed by atoms with van der Waals surface area (Å²) in [7, 11) is 0. The molecule has 0 bridgehead atoms. The first-order valence-electron chi connectivity index (χ1n) is 13.8. The van der Waals surface area contributed by atoms with E-state index in [1.54, 1.807) is 0 Å². The number of hydrogen-bond donors (Lipinski definition) is 2. The van der Waals surface area contributed by atoms with Crippen LogP contribution in [-0.2, 0) is 19.5 Å². The van der Waals surface area contributed by atoms with Gasteiger partial charge in [0.05, 0.1) is 39.3 Å². The van der Waals surface area contributed by atoms with Crippen LogP contribution < -0.4 is 5.73 Å². The van der Waals surface area contributed by atoms with E-state index in [4.69, 9.17) is 21.1 Å². The maximum absolute atomic E-state index is 6.28. The molecule has 0 aliphatic rings. The number of benzene rings is 6. The average molecular weight is 648 g/mol. The Kier molecular flexibility index (Phi) is 8.65. The van der Waals surface area contributed by atoms with Crippen molar-refractivity contribution in [2.45, 2.75) is 20.8 Å². The molecule has 0 saturated carbocycles. The Morgan fingerprint density at radius 3 is 1.00 bits per heavy atom. The summed E-state index contributed by atoms with van der Waals surface area (Å²) in [6.45, 7) is 5.49. The molecule has 6 aromatic carbocycles. The van der Waals surface area contributed by atoms with Crippen LogP contribution in [0.25, 0.3) is 65.2 Å². The molecule has 0 unspecified atom stereocenters. The van der Waals surface area contributed by atoms with E-state index >= 15 is 0 Å². The van der Waals surface area contributed by atoms with Gasteiger partial charge in [0.25, 0.3) is 0 Å². The summed E-state index contributed by atoms with van der Waals surface area (Å²) < 4.78 is 0. The number of aryl methyl sites for hydroxylation is 2. The van der Waals surface area contributed by atoms with Gasteiger partial charge in [0.1, 0.15) is 0 Å². The maximum atomic E-state index is 6.28. The van der Waals surface area contributed by atoms with Gasteiger partial charge in [-0.3, -0.25) is 15.4 Å². The van der Waals surface area contributed by atoms with E-state index in [1.807, 2.05) is 26.2 Å². The van der Waals surface area contributed by atoms with E-state index in [0.29, 0.717) is 0 Å². The van der Waals surface area contributed by atoms with Crippen LogP contribution in [0.3, 0.4) is 0 Å². The third-order valence-corrected chi connectivity index (χ3v) is 7.09. The van der Waals surface area contributed by atoms with Crippen LogP contribution in [0, 0.1) is 19.3 Å². The monoisotopic (exact) mass is 648 g/mol. The van der Waals surface area contributed by atoms with Gasteiger partial charge in [-0.05, 0) is 42.3 Å². The molecular formula is C36H30N6Ru. The van der Waals surface area contributed by atoms with Gasteiger partial charge in [0.2, 0.25) is 0 Å². The molecule has 0 aliphatic carbocycles. The number of nitrogens with two attached hydrogens (primary N) is 1. The summed E-state index contributed by atoms with van der Waals surface area (Å²) >= 11 is 0.